The molecule has 0 rings (SSSR count). The Balaban J connectivity index is -0.000000174. The molecule has 1 radical (unpaired) electrons. The molecule has 289 valence electrons. The van der Waals surface area contributed by atoms with Crippen molar-refractivity contribution in [2.75, 3.05) is 0 Å². The van der Waals surface area contributed by atoms with Crippen LogP contribution in [0.5, 0.6) is 0 Å². The molecular formula is C40H77NdO8. The van der Waals surface area contributed by atoms with E-state index in [-0.39, 0.29) is 60.1 Å². The number of aliphatic carboxylic acids is 4. The molecule has 0 aliphatic rings. The molecule has 9 heteroatoms. The quantitative estimate of drug-likeness (QED) is 0.0734. The van der Waals surface area contributed by atoms with Gasteiger partial charge in [0.05, 0.1) is 0 Å². The van der Waals surface area contributed by atoms with Crippen LogP contribution in [0.4, 0.5) is 0 Å². The van der Waals surface area contributed by atoms with Crippen LogP contribution in [0.15, 0.2) is 0 Å². The Morgan fingerprint density at radius 1 is 0.408 bits per heavy atom. The van der Waals surface area contributed by atoms with Gasteiger partial charge in [-0.05, 0) is 56.8 Å². The molecule has 0 spiro atoms. The molecule has 0 heterocycles. The fraction of sp³-hybridized carbons (Fsp3) is 0.900. The molecule has 0 aromatic carbocycles. The average Bonchev–Trinajstić information content (AvgIpc) is 2.99. The number of unbranched alkanes of at least 4 members (excludes halogenated alkanes) is 20. The topological polar surface area (TPSA) is 158 Å². The molecule has 0 aliphatic heterocycles. The Labute approximate surface area is 335 Å². The summed E-state index contributed by atoms with van der Waals surface area (Å²) in [5.41, 5.74) is 0.392. The number of hydrogen-bond donors (Lipinski definition) is 1. The van der Waals surface area contributed by atoms with Gasteiger partial charge in [-0.15, -0.1) is 0 Å². The summed E-state index contributed by atoms with van der Waals surface area (Å²) in [5.74, 6) is -3.42. The molecule has 0 aromatic rings. The molecular weight excluding hydrogens is 753 g/mol. The number of carbonyl (C=O) groups excluding carboxylic acids is 3. The average molecular weight is 830 g/mol. The van der Waals surface area contributed by atoms with Crippen molar-refractivity contribution in [2.24, 2.45) is 5.41 Å². The zero-order valence-electron chi connectivity index (χ0n) is 32.8. The van der Waals surface area contributed by atoms with Crippen LogP contribution >= 0.6 is 0 Å². The van der Waals surface area contributed by atoms with Crippen molar-refractivity contribution in [3.8, 4) is 0 Å². The summed E-state index contributed by atoms with van der Waals surface area (Å²) in [7, 11) is 0. The monoisotopic (exact) mass is 827 g/mol. The van der Waals surface area contributed by atoms with Crippen molar-refractivity contribution < 1.29 is 80.4 Å². The third kappa shape index (κ3) is 77.8. The van der Waals surface area contributed by atoms with Gasteiger partial charge in [-0.3, -0.25) is 4.79 Å². The third-order valence-corrected chi connectivity index (χ3v) is 7.77. The van der Waals surface area contributed by atoms with Crippen molar-refractivity contribution in [1.29, 1.82) is 0 Å². The summed E-state index contributed by atoms with van der Waals surface area (Å²) in [6, 6.07) is 0. The number of carbonyl (C=O) groups is 4. The van der Waals surface area contributed by atoms with Gasteiger partial charge in [0.1, 0.15) is 0 Å². The number of rotatable bonds is 29. The van der Waals surface area contributed by atoms with Crippen molar-refractivity contribution >= 4 is 23.9 Å². The van der Waals surface area contributed by atoms with E-state index in [1.54, 1.807) is 0 Å². The van der Waals surface area contributed by atoms with Gasteiger partial charge >= 0.3 is 46.8 Å². The zero-order valence-corrected chi connectivity index (χ0v) is 36.0. The van der Waals surface area contributed by atoms with Gasteiger partial charge in [0.2, 0.25) is 0 Å². The maximum absolute atomic E-state index is 10.2. The van der Waals surface area contributed by atoms with Gasteiger partial charge in [0.25, 0.3) is 0 Å². The van der Waals surface area contributed by atoms with Gasteiger partial charge in [0, 0.05) is 24.3 Å². The molecule has 0 bridgehead atoms. The van der Waals surface area contributed by atoms with Gasteiger partial charge in [-0.25, -0.2) is 0 Å². The minimum Gasteiger partial charge on any atom is -0.550 e. The largest absolute Gasteiger partial charge is 3.00 e. The van der Waals surface area contributed by atoms with E-state index in [1.165, 1.54) is 103 Å². The van der Waals surface area contributed by atoms with Gasteiger partial charge in [0.15, 0.2) is 0 Å². The standard InChI is InChI=1S/4C10H20O2.Nd/c1-10(2,3)8-6-4-5-7-9(11)12;3*1-2-3-4-5-6-7-8-9-10(11)12;/h4-8H2,1-3H3,(H,11,12);3*2-9H2,1H3,(H,11,12);/q;;;;+3/p-3. The first-order valence-electron chi connectivity index (χ1n) is 19.5. The van der Waals surface area contributed by atoms with E-state index in [0.29, 0.717) is 11.8 Å². The molecule has 0 amide bonds. The van der Waals surface area contributed by atoms with Crippen LogP contribution in [0.3, 0.4) is 0 Å². The smallest absolute Gasteiger partial charge is 0.550 e. The Hall–Kier alpha value is -0.769. The molecule has 8 nitrogen and oxygen atoms in total. The first-order valence-corrected chi connectivity index (χ1v) is 19.5. The summed E-state index contributed by atoms with van der Waals surface area (Å²) in [6.07, 6.45) is 29.6. The molecule has 0 atom stereocenters. The Morgan fingerprint density at radius 3 is 0.857 bits per heavy atom. The summed E-state index contributed by atoms with van der Waals surface area (Å²) >= 11 is 0. The second kappa shape index (κ2) is 47.2. The molecule has 0 aliphatic carbocycles. The van der Waals surface area contributed by atoms with E-state index < -0.39 is 23.9 Å². The van der Waals surface area contributed by atoms with E-state index in [0.717, 1.165) is 57.8 Å². The van der Waals surface area contributed by atoms with Crippen LogP contribution in [0.1, 0.15) is 228 Å². The molecule has 49 heavy (non-hydrogen) atoms. The summed E-state index contributed by atoms with van der Waals surface area (Å²) in [5, 5.41) is 38.4. The molecule has 0 fully saturated rings. The summed E-state index contributed by atoms with van der Waals surface area (Å²) in [6.45, 7) is 13.2. The Kier molecular flexibility index (Phi) is 55.5. The van der Waals surface area contributed by atoms with E-state index >= 15 is 0 Å². The minimum absolute atomic E-state index is 0. The van der Waals surface area contributed by atoms with E-state index in [2.05, 4.69) is 41.5 Å². The minimum atomic E-state index is -0.913. The van der Waals surface area contributed by atoms with E-state index in [1.807, 2.05) is 0 Å². The van der Waals surface area contributed by atoms with Crippen molar-refractivity contribution in [3.05, 3.63) is 0 Å². The maximum atomic E-state index is 10.2. The van der Waals surface area contributed by atoms with Crippen LogP contribution in [0.2, 0.25) is 0 Å². The van der Waals surface area contributed by atoms with Crippen molar-refractivity contribution in [3.63, 3.8) is 0 Å². The SMILES string of the molecule is CC(C)(C)CCCCCC(=O)O.CCCCCCCCCC(=O)[O-].CCCCCCCCCC(=O)[O-].CCCCCCCCCC(=O)[O-].[Nd+3]. The third-order valence-electron chi connectivity index (χ3n) is 7.77. The summed E-state index contributed by atoms with van der Waals surface area (Å²) < 4.78 is 0. The predicted octanol–water partition coefficient (Wildman–Crippen LogP) is 8.70. The summed E-state index contributed by atoms with van der Waals surface area (Å²) in [4.78, 5) is 40.2. The van der Waals surface area contributed by atoms with E-state index in [4.69, 9.17) is 5.11 Å². The van der Waals surface area contributed by atoms with Crippen molar-refractivity contribution in [2.45, 2.75) is 228 Å². The first kappa shape index (κ1) is 57.6. The van der Waals surface area contributed by atoms with Crippen LogP contribution in [0, 0.1) is 46.3 Å². The predicted molar refractivity (Wildman–Crippen MR) is 193 cm³/mol. The number of carboxylic acids is 4. The molecule has 1 N–H and O–H groups in total. The second-order valence-corrected chi connectivity index (χ2v) is 14.2. The molecule has 0 saturated carbocycles. The van der Waals surface area contributed by atoms with Crippen LogP contribution < -0.4 is 15.3 Å². The Bertz CT molecular complexity index is 640. The fourth-order valence-corrected chi connectivity index (χ4v) is 4.79. The molecule has 0 aromatic heterocycles. The second-order valence-electron chi connectivity index (χ2n) is 14.2. The number of hydrogen-bond acceptors (Lipinski definition) is 7. The molecule has 0 unspecified atom stereocenters. The molecule has 0 saturated heterocycles. The van der Waals surface area contributed by atoms with Crippen molar-refractivity contribution in [1.82, 2.24) is 0 Å². The van der Waals surface area contributed by atoms with Gasteiger partial charge < -0.3 is 34.8 Å². The first-order chi connectivity index (χ1) is 22.7. The van der Waals surface area contributed by atoms with Gasteiger partial charge in [-0.2, -0.15) is 0 Å². The maximum Gasteiger partial charge on any atom is 3.00 e. The van der Waals surface area contributed by atoms with Crippen LogP contribution in [-0.4, -0.2) is 29.0 Å². The van der Waals surface area contributed by atoms with Gasteiger partial charge in [-0.1, -0.05) is 170 Å². The normalized spacial score (nSPS) is 10.2. The van der Waals surface area contributed by atoms with Crippen LogP contribution in [0.25, 0.3) is 0 Å². The Morgan fingerprint density at radius 2 is 0.633 bits per heavy atom. The van der Waals surface area contributed by atoms with E-state index in [9.17, 15) is 34.5 Å². The van der Waals surface area contributed by atoms with Crippen LogP contribution in [-0.2, 0) is 19.2 Å². The number of carboxylic acid groups (broad SMARTS) is 4. The zero-order chi connectivity index (χ0) is 37.3. The fourth-order valence-electron chi connectivity index (χ4n) is 4.79.